The number of nitrogens with one attached hydrogen (secondary N) is 2. The average molecular weight is 447 g/mol. The number of aliphatic hydroxyl groups excluding tert-OH is 1. The van der Waals surface area contributed by atoms with Gasteiger partial charge in [-0.1, -0.05) is 11.3 Å². The minimum absolute atomic E-state index is 0.192. The highest BCUT2D eigenvalue weighted by Gasteiger charge is 2.30. The summed E-state index contributed by atoms with van der Waals surface area (Å²) in [4.78, 5) is 6.46. The van der Waals surface area contributed by atoms with Gasteiger partial charge in [0.05, 0.1) is 48.5 Å². The van der Waals surface area contributed by atoms with Crippen molar-refractivity contribution in [1.29, 1.82) is 0 Å². The van der Waals surface area contributed by atoms with E-state index in [-0.39, 0.29) is 6.54 Å². The van der Waals surface area contributed by atoms with Crippen LogP contribution in [0.15, 0.2) is 30.5 Å². The van der Waals surface area contributed by atoms with Crippen LogP contribution in [0.1, 0.15) is 28.1 Å². The quantitative estimate of drug-likeness (QED) is 0.554. The van der Waals surface area contributed by atoms with E-state index in [2.05, 4.69) is 25.9 Å². The summed E-state index contributed by atoms with van der Waals surface area (Å²) in [6.07, 6.45) is -3.34. The summed E-state index contributed by atoms with van der Waals surface area (Å²) >= 11 is 0. The second kappa shape index (κ2) is 8.30. The number of aryl methyl sites for hydroxylation is 2. The van der Waals surface area contributed by atoms with Crippen LogP contribution in [-0.4, -0.2) is 44.9 Å². The maximum Gasteiger partial charge on any atom is 0.416 e. The zero-order valence-corrected chi connectivity index (χ0v) is 17.9. The molecule has 1 atom stereocenters. The highest BCUT2D eigenvalue weighted by molar-refractivity contribution is 5.77. The van der Waals surface area contributed by atoms with Crippen molar-refractivity contribution in [3.8, 4) is 0 Å². The second-order valence-electron chi connectivity index (χ2n) is 7.93. The summed E-state index contributed by atoms with van der Waals surface area (Å²) in [6, 6.07) is 5.58. The lowest BCUT2D eigenvalue weighted by atomic mass is 10.0. The number of alkyl halides is 3. The molecule has 0 saturated heterocycles. The molecule has 8 nitrogen and oxygen atoms in total. The largest absolute Gasteiger partial charge is 0.416 e. The molecular formula is C21H24F3N7O. The van der Waals surface area contributed by atoms with Crippen molar-refractivity contribution in [2.75, 3.05) is 29.1 Å². The van der Waals surface area contributed by atoms with Crippen molar-refractivity contribution in [3.05, 3.63) is 58.5 Å². The fourth-order valence-corrected chi connectivity index (χ4v) is 3.67. The van der Waals surface area contributed by atoms with Crippen LogP contribution in [0, 0.1) is 13.8 Å². The highest BCUT2D eigenvalue weighted by atomic mass is 19.4. The smallest absolute Gasteiger partial charge is 0.372 e. The Bertz CT molecular complexity index is 1130. The number of aromatic nitrogens is 4. The van der Waals surface area contributed by atoms with E-state index in [4.69, 9.17) is 0 Å². The lowest BCUT2D eigenvalue weighted by molar-refractivity contribution is -0.137. The Morgan fingerprint density at radius 1 is 1.25 bits per heavy atom. The van der Waals surface area contributed by atoms with Crippen LogP contribution in [0.25, 0.3) is 0 Å². The van der Waals surface area contributed by atoms with E-state index < -0.39 is 18.0 Å². The van der Waals surface area contributed by atoms with Crippen molar-refractivity contribution >= 4 is 17.2 Å². The van der Waals surface area contributed by atoms with Gasteiger partial charge in [0, 0.05) is 13.1 Å². The third kappa shape index (κ3) is 4.62. The van der Waals surface area contributed by atoms with E-state index in [9.17, 15) is 18.3 Å². The van der Waals surface area contributed by atoms with E-state index in [1.807, 2.05) is 24.9 Å². The number of aliphatic hydroxyl groups is 1. The molecule has 3 N–H and O–H groups in total. The van der Waals surface area contributed by atoms with Gasteiger partial charge in [0.15, 0.2) is 0 Å². The van der Waals surface area contributed by atoms with Crippen LogP contribution in [-0.2, 0) is 19.3 Å². The predicted molar refractivity (Wildman–Crippen MR) is 115 cm³/mol. The summed E-state index contributed by atoms with van der Waals surface area (Å²) in [5.41, 5.74) is 3.71. The summed E-state index contributed by atoms with van der Waals surface area (Å²) in [5, 5.41) is 24.3. The van der Waals surface area contributed by atoms with Crippen LogP contribution in [0.3, 0.4) is 0 Å². The number of β-amino-alcohol motifs (C(OH)–C–C–N with tert-alkyl or cyclic N) is 1. The van der Waals surface area contributed by atoms with Gasteiger partial charge in [-0.15, -0.1) is 5.10 Å². The van der Waals surface area contributed by atoms with Gasteiger partial charge in [-0.3, -0.25) is 0 Å². The molecule has 0 fully saturated rings. The molecule has 0 bridgehead atoms. The van der Waals surface area contributed by atoms with Crippen molar-refractivity contribution in [1.82, 2.24) is 20.0 Å². The minimum Gasteiger partial charge on any atom is -0.372 e. The zero-order valence-electron chi connectivity index (χ0n) is 17.9. The average Bonchev–Trinajstić information content (AvgIpc) is 3.15. The Morgan fingerprint density at radius 2 is 2.03 bits per heavy atom. The van der Waals surface area contributed by atoms with E-state index in [1.165, 1.54) is 10.7 Å². The van der Waals surface area contributed by atoms with Crippen molar-refractivity contribution < 1.29 is 18.3 Å². The lowest BCUT2D eigenvalue weighted by Gasteiger charge is -2.33. The molecule has 1 unspecified atom stereocenters. The fraction of sp³-hybridized carbons (Fsp3) is 0.381. The summed E-state index contributed by atoms with van der Waals surface area (Å²) < 4.78 is 40.6. The molecule has 0 amide bonds. The predicted octanol–water partition coefficient (Wildman–Crippen LogP) is 3.15. The number of rotatable bonds is 5. The number of halogens is 3. The molecule has 0 spiro atoms. The Balaban J connectivity index is 1.45. The van der Waals surface area contributed by atoms with E-state index >= 15 is 0 Å². The third-order valence-corrected chi connectivity index (χ3v) is 5.39. The zero-order chi connectivity index (χ0) is 23.0. The SMILES string of the molecule is Cc1ccc(C(F)(F)F)cc1Cn1cc(CNc2cc3c(c(C)n2)NC(O)CN3C)nn1. The first-order valence-corrected chi connectivity index (χ1v) is 10.1. The van der Waals surface area contributed by atoms with Crippen LogP contribution in [0.2, 0.25) is 0 Å². The Hall–Kier alpha value is -3.34. The number of likely N-dealkylation sites (N-methyl/N-ethyl adjacent to an activating group) is 1. The van der Waals surface area contributed by atoms with E-state index in [0.29, 0.717) is 30.2 Å². The number of hydrogen-bond donors (Lipinski definition) is 3. The van der Waals surface area contributed by atoms with Crippen LogP contribution >= 0.6 is 0 Å². The molecular weight excluding hydrogens is 423 g/mol. The van der Waals surface area contributed by atoms with E-state index in [0.717, 1.165) is 34.8 Å². The summed E-state index contributed by atoms with van der Waals surface area (Å²) in [6.45, 7) is 4.63. The van der Waals surface area contributed by atoms with Gasteiger partial charge in [-0.25, -0.2) is 9.67 Å². The molecule has 3 heterocycles. The molecule has 1 aromatic carbocycles. The van der Waals surface area contributed by atoms with E-state index in [1.54, 1.807) is 13.1 Å². The standard InChI is InChI=1S/C21H24F3N7O/c1-12-4-5-15(21(22,23)24)6-14(12)9-31-10-16(28-29-31)8-25-18-7-17-20(13(2)26-18)27-19(32)11-30(17)3/h4-7,10,19,27,32H,8-9,11H2,1-3H3,(H,25,26). The van der Waals surface area contributed by atoms with Crippen molar-refractivity contribution in [2.45, 2.75) is 39.3 Å². The number of anilines is 3. The Morgan fingerprint density at radius 3 is 2.78 bits per heavy atom. The normalized spacial score (nSPS) is 16.0. The van der Waals surface area contributed by atoms with Gasteiger partial charge in [-0.05, 0) is 37.1 Å². The number of nitrogens with zero attached hydrogens (tertiary/aromatic N) is 5. The maximum atomic E-state index is 13.0. The molecule has 3 aromatic rings. The molecule has 32 heavy (non-hydrogen) atoms. The van der Waals surface area contributed by atoms with Gasteiger partial charge in [0.1, 0.15) is 17.7 Å². The number of benzene rings is 1. The molecule has 4 rings (SSSR count). The minimum atomic E-state index is -4.39. The third-order valence-electron chi connectivity index (χ3n) is 5.39. The molecule has 0 radical (unpaired) electrons. The van der Waals surface area contributed by atoms with Gasteiger partial charge < -0.3 is 20.6 Å². The highest BCUT2D eigenvalue weighted by Crippen LogP contribution is 2.34. The molecule has 2 aromatic heterocycles. The lowest BCUT2D eigenvalue weighted by Crippen LogP contribution is -2.39. The molecule has 0 aliphatic carbocycles. The molecule has 170 valence electrons. The number of fused-ring (bicyclic) bond motifs is 1. The molecule has 1 aliphatic heterocycles. The van der Waals surface area contributed by atoms with Gasteiger partial charge in [0.2, 0.25) is 0 Å². The first kappa shape index (κ1) is 21.9. The van der Waals surface area contributed by atoms with Gasteiger partial charge >= 0.3 is 6.18 Å². The molecule has 11 heteroatoms. The molecule has 1 aliphatic rings. The van der Waals surface area contributed by atoms with Crippen molar-refractivity contribution in [2.24, 2.45) is 0 Å². The first-order valence-electron chi connectivity index (χ1n) is 10.1. The van der Waals surface area contributed by atoms with Gasteiger partial charge in [0.25, 0.3) is 0 Å². The van der Waals surface area contributed by atoms with Crippen LogP contribution in [0.4, 0.5) is 30.4 Å². The Kier molecular flexibility index (Phi) is 5.68. The van der Waals surface area contributed by atoms with Gasteiger partial charge in [-0.2, -0.15) is 13.2 Å². The second-order valence-corrected chi connectivity index (χ2v) is 7.93. The van der Waals surface area contributed by atoms with Crippen LogP contribution in [0.5, 0.6) is 0 Å². The van der Waals surface area contributed by atoms with Crippen LogP contribution < -0.4 is 15.5 Å². The maximum absolute atomic E-state index is 13.0. The monoisotopic (exact) mass is 447 g/mol. The fourth-order valence-electron chi connectivity index (χ4n) is 3.67. The summed E-state index contributed by atoms with van der Waals surface area (Å²) in [7, 11) is 1.90. The topological polar surface area (TPSA) is 91.1 Å². The summed E-state index contributed by atoms with van der Waals surface area (Å²) in [5.74, 6) is 0.648. The molecule has 0 saturated carbocycles. The number of pyridine rings is 1. The first-order chi connectivity index (χ1) is 15.1. The Labute approximate surface area is 183 Å². The number of hydrogen-bond acceptors (Lipinski definition) is 7. The van der Waals surface area contributed by atoms with Crippen molar-refractivity contribution in [3.63, 3.8) is 0 Å².